The van der Waals surface area contributed by atoms with Crippen molar-refractivity contribution in [2.45, 2.75) is 44.8 Å². The number of carbonyl (C=O) groups excluding carboxylic acids is 2. The second-order valence-corrected chi connectivity index (χ2v) is 6.63. The lowest BCUT2D eigenvalue weighted by Crippen LogP contribution is -2.40. The van der Waals surface area contributed by atoms with Crippen LogP contribution < -0.4 is 0 Å². The van der Waals surface area contributed by atoms with Gasteiger partial charge in [-0.3, -0.25) is 14.5 Å². The number of aliphatic hydroxyl groups excluding tert-OH is 1. The van der Waals surface area contributed by atoms with Crippen LogP contribution in [-0.2, 0) is 20.9 Å². The highest BCUT2D eigenvalue weighted by Gasteiger charge is 2.52. The number of β-amino-alcohol motifs (C(OH)–C–C–N with tert-alkyl or cyclic N) is 1. The fraction of sp³-hybridized carbons (Fsp3) is 0.556. The predicted molar refractivity (Wildman–Crippen MR) is 84.3 cm³/mol. The van der Waals surface area contributed by atoms with Crippen molar-refractivity contribution >= 4 is 11.8 Å². The smallest absolute Gasteiger partial charge is 0.235 e. The Balaban J connectivity index is 1.49. The molecule has 1 heterocycles. The van der Waals surface area contributed by atoms with Crippen molar-refractivity contribution in [2.75, 3.05) is 13.2 Å². The first kappa shape index (κ1) is 16.1. The SMILES string of the molecule is O=C1CC2(CCCC2)C(=O)N1C[C@@H](O)COCc1ccccc1. The van der Waals surface area contributed by atoms with Crippen molar-refractivity contribution in [3.05, 3.63) is 35.9 Å². The number of benzene rings is 1. The molecule has 2 aliphatic rings. The van der Waals surface area contributed by atoms with Gasteiger partial charge in [-0.05, 0) is 18.4 Å². The van der Waals surface area contributed by atoms with Gasteiger partial charge in [0.2, 0.25) is 11.8 Å². The van der Waals surface area contributed by atoms with Crippen LogP contribution in [0.15, 0.2) is 30.3 Å². The van der Waals surface area contributed by atoms with Crippen molar-refractivity contribution < 1.29 is 19.4 Å². The van der Waals surface area contributed by atoms with E-state index in [1.165, 1.54) is 4.90 Å². The average Bonchev–Trinajstić information content (AvgIpc) is 3.10. The molecule has 1 saturated carbocycles. The van der Waals surface area contributed by atoms with Crippen LogP contribution in [0, 0.1) is 5.41 Å². The number of aliphatic hydroxyl groups is 1. The van der Waals surface area contributed by atoms with Crippen molar-refractivity contribution in [3.63, 3.8) is 0 Å². The summed E-state index contributed by atoms with van der Waals surface area (Å²) in [6.45, 7) is 0.552. The molecule has 1 aliphatic carbocycles. The summed E-state index contributed by atoms with van der Waals surface area (Å²) < 4.78 is 5.48. The Bertz CT molecular complexity index is 566. The third-order valence-corrected chi connectivity index (χ3v) is 4.87. The van der Waals surface area contributed by atoms with Crippen LogP contribution in [0.25, 0.3) is 0 Å². The highest BCUT2D eigenvalue weighted by atomic mass is 16.5. The molecule has 1 atom stereocenters. The number of imide groups is 1. The molecule has 0 unspecified atom stereocenters. The largest absolute Gasteiger partial charge is 0.389 e. The predicted octanol–water partition coefficient (Wildman–Crippen LogP) is 1.88. The average molecular weight is 317 g/mol. The molecule has 0 radical (unpaired) electrons. The third-order valence-electron chi connectivity index (χ3n) is 4.87. The highest BCUT2D eigenvalue weighted by molar-refractivity contribution is 6.06. The number of ether oxygens (including phenoxy) is 1. The van der Waals surface area contributed by atoms with Gasteiger partial charge in [0.15, 0.2) is 0 Å². The van der Waals surface area contributed by atoms with Gasteiger partial charge in [0.25, 0.3) is 0 Å². The molecule has 2 fully saturated rings. The van der Waals surface area contributed by atoms with Crippen molar-refractivity contribution in [3.8, 4) is 0 Å². The van der Waals surface area contributed by atoms with E-state index in [0.29, 0.717) is 13.0 Å². The first-order chi connectivity index (χ1) is 11.1. The van der Waals surface area contributed by atoms with Gasteiger partial charge < -0.3 is 9.84 Å². The van der Waals surface area contributed by atoms with E-state index in [4.69, 9.17) is 4.74 Å². The molecule has 1 spiro atoms. The van der Waals surface area contributed by atoms with Crippen LogP contribution in [-0.4, -0.2) is 41.1 Å². The maximum absolute atomic E-state index is 12.5. The Morgan fingerprint density at radius 3 is 2.57 bits per heavy atom. The molecular formula is C18H23NO4. The van der Waals surface area contributed by atoms with Crippen molar-refractivity contribution in [2.24, 2.45) is 5.41 Å². The number of amides is 2. The Morgan fingerprint density at radius 2 is 1.87 bits per heavy atom. The van der Waals surface area contributed by atoms with Crippen LogP contribution in [0.1, 0.15) is 37.7 Å². The van der Waals surface area contributed by atoms with E-state index < -0.39 is 11.5 Å². The number of rotatable bonds is 6. The van der Waals surface area contributed by atoms with E-state index in [-0.39, 0.29) is 25.0 Å². The summed E-state index contributed by atoms with van der Waals surface area (Å²) in [5.74, 6) is -0.249. The standard InChI is InChI=1S/C18H23NO4/c20-15(13-23-12-14-6-2-1-3-7-14)11-19-16(21)10-18(17(19)22)8-4-5-9-18/h1-3,6-7,15,20H,4-5,8-13H2/t15-/m1/s1. The van der Waals surface area contributed by atoms with Gasteiger partial charge in [-0.1, -0.05) is 43.2 Å². The van der Waals surface area contributed by atoms with Crippen LogP contribution >= 0.6 is 0 Å². The van der Waals surface area contributed by atoms with Gasteiger partial charge in [0.05, 0.1) is 31.3 Å². The van der Waals surface area contributed by atoms with Gasteiger partial charge in [0.1, 0.15) is 0 Å². The lowest BCUT2D eigenvalue weighted by molar-refractivity contribution is -0.143. The molecule has 5 nitrogen and oxygen atoms in total. The minimum atomic E-state index is -0.844. The Kier molecular flexibility index (Phi) is 4.78. The van der Waals surface area contributed by atoms with Crippen LogP contribution in [0.4, 0.5) is 0 Å². The normalized spacial score (nSPS) is 21.3. The second kappa shape index (κ2) is 6.81. The van der Waals surface area contributed by atoms with E-state index in [9.17, 15) is 14.7 Å². The molecule has 1 aliphatic heterocycles. The van der Waals surface area contributed by atoms with Gasteiger partial charge in [0, 0.05) is 6.42 Å². The monoisotopic (exact) mass is 317 g/mol. The molecule has 3 rings (SSSR count). The van der Waals surface area contributed by atoms with Crippen molar-refractivity contribution in [1.82, 2.24) is 4.90 Å². The minimum absolute atomic E-state index is 0.0359. The molecular weight excluding hydrogens is 294 g/mol. The van der Waals surface area contributed by atoms with E-state index in [1.54, 1.807) is 0 Å². The molecule has 1 aromatic rings. The summed E-state index contributed by atoms with van der Waals surface area (Å²) in [5, 5.41) is 10.1. The first-order valence-electron chi connectivity index (χ1n) is 8.25. The van der Waals surface area contributed by atoms with Gasteiger partial charge in [-0.15, -0.1) is 0 Å². The lowest BCUT2D eigenvalue weighted by Gasteiger charge is -2.22. The summed E-state index contributed by atoms with van der Waals surface area (Å²) in [6, 6.07) is 9.69. The number of nitrogens with zero attached hydrogens (tertiary/aromatic N) is 1. The molecule has 23 heavy (non-hydrogen) atoms. The van der Waals surface area contributed by atoms with E-state index in [1.807, 2.05) is 30.3 Å². The van der Waals surface area contributed by atoms with Crippen LogP contribution in [0.3, 0.4) is 0 Å². The van der Waals surface area contributed by atoms with Crippen molar-refractivity contribution in [1.29, 1.82) is 0 Å². The molecule has 1 saturated heterocycles. The number of hydrogen-bond donors (Lipinski definition) is 1. The topological polar surface area (TPSA) is 66.8 Å². The minimum Gasteiger partial charge on any atom is -0.389 e. The van der Waals surface area contributed by atoms with Gasteiger partial charge >= 0.3 is 0 Å². The Morgan fingerprint density at radius 1 is 1.17 bits per heavy atom. The first-order valence-corrected chi connectivity index (χ1v) is 8.25. The number of likely N-dealkylation sites (tertiary alicyclic amines) is 1. The summed E-state index contributed by atoms with van der Waals surface area (Å²) in [6.07, 6.45) is 3.08. The molecule has 5 heteroatoms. The second-order valence-electron chi connectivity index (χ2n) is 6.63. The summed E-state index contributed by atoms with van der Waals surface area (Å²) in [7, 11) is 0. The quantitative estimate of drug-likeness (QED) is 0.814. The maximum Gasteiger partial charge on any atom is 0.235 e. The van der Waals surface area contributed by atoms with Crippen LogP contribution in [0.2, 0.25) is 0 Å². The summed E-state index contributed by atoms with van der Waals surface area (Å²) >= 11 is 0. The number of carbonyl (C=O) groups is 2. The van der Waals surface area contributed by atoms with Gasteiger partial charge in [-0.25, -0.2) is 0 Å². The molecule has 124 valence electrons. The van der Waals surface area contributed by atoms with E-state index >= 15 is 0 Å². The van der Waals surface area contributed by atoms with E-state index in [2.05, 4.69) is 0 Å². The zero-order chi connectivity index (χ0) is 16.3. The van der Waals surface area contributed by atoms with E-state index in [0.717, 1.165) is 31.2 Å². The Hall–Kier alpha value is -1.72. The highest BCUT2D eigenvalue weighted by Crippen LogP contribution is 2.46. The number of hydrogen-bond acceptors (Lipinski definition) is 4. The molecule has 0 aromatic heterocycles. The molecule has 0 bridgehead atoms. The molecule has 1 aromatic carbocycles. The zero-order valence-electron chi connectivity index (χ0n) is 13.2. The molecule has 1 N–H and O–H groups in total. The van der Waals surface area contributed by atoms with Crippen LogP contribution in [0.5, 0.6) is 0 Å². The fourth-order valence-electron chi connectivity index (χ4n) is 3.64. The zero-order valence-corrected chi connectivity index (χ0v) is 13.2. The maximum atomic E-state index is 12.5. The lowest BCUT2D eigenvalue weighted by atomic mass is 9.84. The fourth-order valence-corrected chi connectivity index (χ4v) is 3.64. The summed E-state index contributed by atoms with van der Waals surface area (Å²) in [4.78, 5) is 25.9. The summed E-state index contributed by atoms with van der Waals surface area (Å²) in [5.41, 5.74) is 0.555. The van der Waals surface area contributed by atoms with Gasteiger partial charge in [-0.2, -0.15) is 0 Å². The Labute approximate surface area is 136 Å². The third kappa shape index (κ3) is 3.46. The molecule has 2 amide bonds.